The molecule has 1 aliphatic heterocycles. The minimum Gasteiger partial charge on any atom is -0.379 e. The van der Waals surface area contributed by atoms with Crippen LogP contribution < -0.4 is 11.1 Å². The fraction of sp³-hybridized carbons (Fsp3) is 0.250. The molecular weight excluding hydrogens is 381 g/mol. The highest BCUT2D eigenvalue weighted by atomic mass is 35.5. The summed E-state index contributed by atoms with van der Waals surface area (Å²) in [5.41, 5.74) is 6.77. The zero-order valence-electron chi connectivity index (χ0n) is 13.3. The van der Waals surface area contributed by atoms with E-state index in [9.17, 15) is 4.79 Å². The number of hydrogen-bond donors (Lipinski definition) is 2. The Bertz CT molecular complexity index is 860. The number of amides is 1. The fourth-order valence-electron chi connectivity index (χ4n) is 2.45. The average molecular weight is 396 g/mol. The van der Waals surface area contributed by atoms with Gasteiger partial charge >= 0.3 is 0 Å². The molecule has 1 aliphatic rings. The van der Waals surface area contributed by atoms with Crippen molar-refractivity contribution in [1.29, 1.82) is 0 Å². The number of aliphatic imine (C=N–C) groups is 1. The number of pyridine rings is 2. The largest absolute Gasteiger partial charge is 0.379 e. The number of aromatic nitrogens is 2. The highest BCUT2D eigenvalue weighted by Crippen LogP contribution is 2.34. The predicted molar refractivity (Wildman–Crippen MR) is 102 cm³/mol. The molecule has 0 aromatic carbocycles. The molecule has 0 aliphatic carbocycles. The van der Waals surface area contributed by atoms with E-state index in [2.05, 4.69) is 20.3 Å². The van der Waals surface area contributed by atoms with Gasteiger partial charge in [0.1, 0.15) is 11.2 Å². The quantitative estimate of drug-likeness (QED) is 0.825. The Morgan fingerprint density at radius 1 is 1.36 bits per heavy atom. The molecule has 1 amide bonds. The fourth-order valence-corrected chi connectivity index (χ4v) is 3.89. The zero-order valence-corrected chi connectivity index (χ0v) is 15.6. The number of halogens is 2. The standard InChI is InChI=1S/C16H15Cl2N5OS/c1-16(3-5-25-15(19)23-16)12-7-10(2-4-20-12)22-14(24)13-11(18)6-9(17)8-21-13/h2,4,6-8H,3,5H2,1H3,(H2,19,23)(H,20,22,24)/t16-/m0/s1. The van der Waals surface area contributed by atoms with Crippen LogP contribution >= 0.6 is 35.0 Å². The molecule has 0 fully saturated rings. The summed E-state index contributed by atoms with van der Waals surface area (Å²) in [6.07, 6.45) is 3.81. The van der Waals surface area contributed by atoms with Gasteiger partial charge in [0.2, 0.25) is 0 Å². The second kappa shape index (κ2) is 7.19. The van der Waals surface area contributed by atoms with Gasteiger partial charge in [-0.3, -0.25) is 9.78 Å². The third kappa shape index (κ3) is 4.05. The van der Waals surface area contributed by atoms with Gasteiger partial charge in [-0.15, -0.1) is 0 Å². The van der Waals surface area contributed by atoms with Crippen molar-refractivity contribution in [3.05, 3.63) is 52.0 Å². The number of hydrogen-bond acceptors (Lipinski definition) is 6. The number of thioether (sulfide) groups is 1. The Hall–Kier alpha value is -1.83. The van der Waals surface area contributed by atoms with Crippen LogP contribution in [0.4, 0.5) is 5.69 Å². The van der Waals surface area contributed by atoms with Crippen molar-refractivity contribution in [2.24, 2.45) is 10.7 Å². The Labute approximate surface area is 159 Å². The molecule has 9 heteroatoms. The lowest BCUT2D eigenvalue weighted by Gasteiger charge is -2.28. The van der Waals surface area contributed by atoms with E-state index >= 15 is 0 Å². The van der Waals surface area contributed by atoms with Crippen LogP contribution in [0.25, 0.3) is 0 Å². The van der Waals surface area contributed by atoms with Gasteiger partial charge in [-0.1, -0.05) is 35.0 Å². The van der Waals surface area contributed by atoms with Crippen molar-refractivity contribution in [1.82, 2.24) is 9.97 Å². The molecule has 3 rings (SSSR count). The number of anilines is 1. The highest BCUT2D eigenvalue weighted by molar-refractivity contribution is 8.13. The summed E-state index contributed by atoms with van der Waals surface area (Å²) < 4.78 is 0. The number of carbonyl (C=O) groups is 1. The second-order valence-electron chi connectivity index (χ2n) is 5.69. The van der Waals surface area contributed by atoms with Crippen LogP contribution in [0.2, 0.25) is 10.0 Å². The monoisotopic (exact) mass is 395 g/mol. The summed E-state index contributed by atoms with van der Waals surface area (Å²) >= 11 is 13.4. The Morgan fingerprint density at radius 2 is 2.16 bits per heavy atom. The molecule has 6 nitrogen and oxygen atoms in total. The maximum atomic E-state index is 12.4. The minimum absolute atomic E-state index is 0.104. The first-order valence-corrected chi connectivity index (χ1v) is 9.18. The number of amidine groups is 1. The molecule has 0 unspecified atom stereocenters. The normalized spacial score (nSPS) is 20.0. The summed E-state index contributed by atoms with van der Waals surface area (Å²) in [4.78, 5) is 25.3. The lowest BCUT2D eigenvalue weighted by atomic mass is 9.94. The van der Waals surface area contributed by atoms with E-state index in [1.165, 1.54) is 24.0 Å². The van der Waals surface area contributed by atoms with Gasteiger partial charge in [-0.05, 0) is 31.5 Å². The second-order valence-corrected chi connectivity index (χ2v) is 7.65. The summed E-state index contributed by atoms with van der Waals surface area (Å²) in [7, 11) is 0. The number of nitrogens with one attached hydrogen (secondary N) is 1. The first kappa shape index (κ1) is 18.0. The molecule has 130 valence electrons. The molecule has 25 heavy (non-hydrogen) atoms. The number of rotatable bonds is 3. The number of nitrogens with two attached hydrogens (primary N) is 1. The van der Waals surface area contributed by atoms with Gasteiger partial charge < -0.3 is 11.1 Å². The maximum absolute atomic E-state index is 12.4. The van der Waals surface area contributed by atoms with Crippen molar-refractivity contribution >= 4 is 51.7 Å². The van der Waals surface area contributed by atoms with E-state index in [4.69, 9.17) is 28.9 Å². The van der Waals surface area contributed by atoms with Crippen molar-refractivity contribution in [3.63, 3.8) is 0 Å². The summed E-state index contributed by atoms with van der Waals surface area (Å²) in [6.45, 7) is 1.98. The van der Waals surface area contributed by atoms with Crippen molar-refractivity contribution < 1.29 is 4.79 Å². The molecule has 2 aromatic heterocycles. The average Bonchev–Trinajstić information content (AvgIpc) is 2.54. The minimum atomic E-state index is -0.508. The highest BCUT2D eigenvalue weighted by Gasteiger charge is 2.31. The molecule has 0 spiro atoms. The van der Waals surface area contributed by atoms with Crippen LogP contribution in [-0.2, 0) is 5.54 Å². The first-order valence-electron chi connectivity index (χ1n) is 7.44. The van der Waals surface area contributed by atoms with E-state index < -0.39 is 11.4 Å². The maximum Gasteiger partial charge on any atom is 0.275 e. The van der Waals surface area contributed by atoms with Gasteiger partial charge in [-0.2, -0.15) is 0 Å². The number of carbonyl (C=O) groups excluding carboxylic acids is 1. The molecule has 0 saturated heterocycles. The molecule has 0 bridgehead atoms. The van der Waals surface area contributed by atoms with Crippen molar-refractivity contribution in [2.75, 3.05) is 11.1 Å². The van der Waals surface area contributed by atoms with Gasteiger partial charge in [0.05, 0.1) is 15.7 Å². The van der Waals surface area contributed by atoms with Gasteiger partial charge in [-0.25, -0.2) is 9.98 Å². The molecule has 3 heterocycles. The van der Waals surface area contributed by atoms with Crippen molar-refractivity contribution in [2.45, 2.75) is 18.9 Å². The van der Waals surface area contributed by atoms with Gasteiger partial charge in [0, 0.05) is 23.8 Å². The van der Waals surface area contributed by atoms with Crippen LogP contribution in [0, 0.1) is 0 Å². The molecule has 0 saturated carbocycles. The van der Waals surface area contributed by atoms with E-state index in [1.807, 2.05) is 6.92 Å². The van der Waals surface area contributed by atoms with E-state index in [-0.39, 0.29) is 10.7 Å². The van der Waals surface area contributed by atoms with Gasteiger partial charge in [0.15, 0.2) is 5.17 Å². The lowest BCUT2D eigenvalue weighted by molar-refractivity contribution is 0.102. The third-order valence-corrected chi connectivity index (χ3v) is 5.08. The number of nitrogens with zero attached hydrogens (tertiary/aromatic N) is 3. The molecule has 0 radical (unpaired) electrons. The first-order chi connectivity index (χ1) is 11.9. The van der Waals surface area contributed by atoms with E-state index in [0.29, 0.717) is 15.9 Å². The molecule has 1 atom stereocenters. The summed E-state index contributed by atoms with van der Waals surface area (Å²) in [5, 5.41) is 3.87. The van der Waals surface area contributed by atoms with Crippen LogP contribution in [0.15, 0.2) is 35.6 Å². The molecule has 2 aromatic rings. The Balaban J connectivity index is 1.85. The molecular formula is C16H15Cl2N5OS. The summed E-state index contributed by atoms with van der Waals surface area (Å²) in [6, 6.07) is 4.95. The topological polar surface area (TPSA) is 93.3 Å². The Morgan fingerprint density at radius 3 is 2.88 bits per heavy atom. The zero-order chi connectivity index (χ0) is 18.0. The van der Waals surface area contributed by atoms with E-state index in [0.717, 1.165) is 17.9 Å². The Kier molecular flexibility index (Phi) is 5.17. The van der Waals surface area contributed by atoms with Gasteiger partial charge in [0.25, 0.3) is 5.91 Å². The van der Waals surface area contributed by atoms with E-state index in [1.54, 1.807) is 18.3 Å². The third-order valence-electron chi connectivity index (χ3n) is 3.79. The SMILES string of the molecule is C[C@@]1(c2cc(NC(=O)c3ncc(Cl)cc3Cl)ccn2)CCSC(N)=N1. The lowest BCUT2D eigenvalue weighted by Crippen LogP contribution is -2.29. The molecule has 3 N–H and O–H groups in total. The van der Waals surface area contributed by atoms with Crippen LogP contribution in [0.1, 0.15) is 29.5 Å². The van der Waals surface area contributed by atoms with Crippen LogP contribution in [-0.4, -0.2) is 26.8 Å². The van der Waals surface area contributed by atoms with Crippen LogP contribution in [0.3, 0.4) is 0 Å². The predicted octanol–water partition coefficient (Wildman–Crippen LogP) is 3.70. The van der Waals surface area contributed by atoms with Crippen molar-refractivity contribution in [3.8, 4) is 0 Å². The summed E-state index contributed by atoms with van der Waals surface area (Å²) in [5.74, 6) is 0.445. The van der Waals surface area contributed by atoms with Crippen LogP contribution in [0.5, 0.6) is 0 Å². The smallest absolute Gasteiger partial charge is 0.275 e.